The third-order valence-electron chi connectivity index (χ3n) is 3.47. The number of rotatable bonds is 9. The van der Waals surface area contributed by atoms with Crippen molar-refractivity contribution >= 4 is 37.6 Å². The Hall–Kier alpha value is -1.92. The maximum absolute atomic E-state index is 12.1. The molecule has 1 aromatic carbocycles. The predicted molar refractivity (Wildman–Crippen MR) is 101 cm³/mol. The minimum atomic E-state index is -3.80. The fourth-order valence-corrected chi connectivity index (χ4v) is 4.13. The zero-order valence-electron chi connectivity index (χ0n) is 15.1. The summed E-state index contributed by atoms with van der Waals surface area (Å²) in [4.78, 5) is 11.7. The van der Waals surface area contributed by atoms with Crippen molar-refractivity contribution in [2.24, 2.45) is 0 Å². The van der Waals surface area contributed by atoms with Gasteiger partial charge in [-0.15, -0.1) is 0 Å². The molecular weight excluding hydrogens is 432 g/mol. The van der Waals surface area contributed by atoms with Crippen molar-refractivity contribution in [2.75, 3.05) is 20.6 Å². The number of hydrogen-bond acceptors (Lipinski definition) is 7. The van der Waals surface area contributed by atoms with Crippen LogP contribution in [-0.2, 0) is 36.2 Å². The molecule has 2 aromatic rings. The highest BCUT2D eigenvalue weighted by Gasteiger charge is 2.22. The van der Waals surface area contributed by atoms with Crippen molar-refractivity contribution in [2.45, 2.75) is 23.0 Å². The van der Waals surface area contributed by atoms with E-state index in [4.69, 9.17) is 20.8 Å². The third-order valence-corrected chi connectivity index (χ3v) is 6.86. The fraction of sp³-hybridized carbons (Fsp3) is 0.312. The molecule has 1 aromatic heterocycles. The summed E-state index contributed by atoms with van der Waals surface area (Å²) < 4.78 is 61.4. The van der Waals surface area contributed by atoms with E-state index >= 15 is 0 Å². The van der Waals surface area contributed by atoms with Gasteiger partial charge in [-0.3, -0.25) is 4.79 Å². The van der Waals surface area contributed by atoms with E-state index in [1.54, 1.807) is 6.07 Å². The fourth-order valence-electron chi connectivity index (χ4n) is 1.98. The van der Waals surface area contributed by atoms with E-state index in [2.05, 4.69) is 4.72 Å². The molecule has 0 spiro atoms. The van der Waals surface area contributed by atoms with Gasteiger partial charge in [-0.1, -0.05) is 17.7 Å². The second-order valence-corrected chi connectivity index (χ2v) is 10.1. The van der Waals surface area contributed by atoms with E-state index in [1.807, 2.05) is 0 Å². The third kappa shape index (κ3) is 5.79. The minimum absolute atomic E-state index is 0.0152. The second-order valence-electron chi connectivity index (χ2n) is 5.77. The van der Waals surface area contributed by atoms with Crippen molar-refractivity contribution in [3.05, 3.63) is 47.2 Å². The summed E-state index contributed by atoms with van der Waals surface area (Å²) >= 11 is 5.77. The van der Waals surface area contributed by atoms with Gasteiger partial charge in [0, 0.05) is 25.7 Å². The number of carbonyl (C=O) groups excluding carboxylic acids is 1. The van der Waals surface area contributed by atoms with Gasteiger partial charge in [-0.2, -0.15) is 0 Å². The number of benzene rings is 1. The summed E-state index contributed by atoms with van der Waals surface area (Å²) in [5.74, 6) is -0.532. The normalized spacial score (nSPS) is 12.3. The SMILES string of the molecule is CN(C)S(=O)(=O)c1ccc(COC(=O)CCNS(=O)(=O)c2cccc(Cl)c2)o1. The van der Waals surface area contributed by atoms with E-state index in [0.29, 0.717) is 0 Å². The van der Waals surface area contributed by atoms with Gasteiger partial charge < -0.3 is 9.15 Å². The number of nitrogens with one attached hydrogen (secondary N) is 1. The summed E-state index contributed by atoms with van der Waals surface area (Å²) in [5.41, 5.74) is 0. The van der Waals surface area contributed by atoms with Crippen LogP contribution in [0.5, 0.6) is 0 Å². The zero-order valence-corrected chi connectivity index (χ0v) is 17.5. The summed E-state index contributed by atoms with van der Waals surface area (Å²) in [7, 11) is -4.79. The van der Waals surface area contributed by atoms with Crippen LogP contribution in [0, 0.1) is 0 Å². The van der Waals surface area contributed by atoms with Crippen LogP contribution in [0.2, 0.25) is 5.02 Å². The Morgan fingerprint density at radius 3 is 2.54 bits per heavy atom. The molecule has 28 heavy (non-hydrogen) atoms. The molecule has 0 fully saturated rings. The second kappa shape index (κ2) is 9.05. The lowest BCUT2D eigenvalue weighted by atomic mass is 10.4. The van der Waals surface area contributed by atoms with Gasteiger partial charge in [-0.05, 0) is 30.3 Å². The molecule has 0 bridgehead atoms. The largest absolute Gasteiger partial charge is 0.457 e. The average Bonchev–Trinajstić information content (AvgIpc) is 3.09. The Balaban J connectivity index is 1.83. The van der Waals surface area contributed by atoms with Crippen molar-refractivity contribution < 1.29 is 30.8 Å². The maximum Gasteiger partial charge on any atom is 0.307 e. The maximum atomic E-state index is 12.1. The molecule has 0 atom stereocenters. The molecule has 0 aliphatic heterocycles. The lowest BCUT2D eigenvalue weighted by Gasteiger charge is -2.08. The van der Waals surface area contributed by atoms with Crippen LogP contribution in [0.4, 0.5) is 0 Å². The first kappa shape index (κ1) is 22.4. The molecule has 0 saturated carbocycles. The van der Waals surface area contributed by atoms with E-state index < -0.39 is 26.0 Å². The van der Waals surface area contributed by atoms with Gasteiger partial charge in [0.2, 0.25) is 15.1 Å². The molecule has 1 heterocycles. The van der Waals surface area contributed by atoms with Crippen LogP contribution < -0.4 is 4.72 Å². The number of hydrogen-bond donors (Lipinski definition) is 1. The van der Waals surface area contributed by atoms with Gasteiger partial charge in [0.05, 0.1) is 11.3 Å². The Morgan fingerprint density at radius 1 is 1.18 bits per heavy atom. The summed E-state index contributed by atoms with van der Waals surface area (Å²) in [6, 6.07) is 8.35. The molecule has 0 unspecified atom stereocenters. The van der Waals surface area contributed by atoms with Gasteiger partial charge in [0.25, 0.3) is 10.0 Å². The van der Waals surface area contributed by atoms with Crippen LogP contribution >= 0.6 is 11.6 Å². The molecule has 9 nitrogen and oxygen atoms in total. The standard InChI is InChI=1S/C16H19ClN2O7S2/c1-19(2)28(23,24)16-7-6-13(26-16)11-25-15(20)8-9-18-27(21,22)14-5-3-4-12(17)10-14/h3-7,10,18H,8-9,11H2,1-2H3. The minimum Gasteiger partial charge on any atom is -0.457 e. The molecule has 2 rings (SSSR count). The van der Waals surface area contributed by atoms with Crippen LogP contribution in [0.3, 0.4) is 0 Å². The monoisotopic (exact) mass is 450 g/mol. The lowest BCUT2D eigenvalue weighted by molar-refractivity contribution is -0.145. The summed E-state index contributed by atoms with van der Waals surface area (Å²) in [6.45, 7) is -0.449. The van der Waals surface area contributed by atoms with Crippen molar-refractivity contribution in [3.8, 4) is 0 Å². The van der Waals surface area contributed by atoms with Gasteiger partial charge in [0.15, 0.2) is 0 Å². The Kier molecular flexibility index (Phi) is 7.23. The lowest BCUT2D eigenvalue weighted by Crippen LogP contribution is -2.26. The topological polar surface area (TPSA) is 123 Å². The first-order valence-electron chi connectivity index (χ1n) is 7.94. The quantitative estimate of drug-likeness (QED) is 0.575. The predicted octanol–water partition coefficient (Wildman–Crippen LogP) is 1.60. The number of esters is 1. The molecule has 1 N–H and O–H groups in total. The Morgan fingerprint density at radius 2 is 1.89 bits per heavy atom. The molecule has 0 aliphatic carbocycles. The van der Waals surface area contributed by atoms with E-state index in [9.17, 15) is 21.6 Å². The number of ether oxygens (including phenoxy) is 1. The van der Waals surface area contributed by atoms with Crippen molar-refractivity contribution in [1.82, 2.24) is 9.03 Å². The van der Waals surface area contributed by atoms with Crippen molar-refractivity contribution in [1.29, 1.82) is 0 Å². The van der Waals surface area contributed by atoms with Crippen LogP contribution in [-0.4, -0.2) is 47.8 Å². The molecular formula is C16H19ClN2O7S2. The zero-order chi connectivity index (χ0) is 20.9. The number of carbonyl (C=O) groups is 1. The van der Waals surface area contributed by atoms with Crippen LogP contribution in [0.25, 0.3) is 0 Å². The van der Waals surface area contributed by atoms with Gasteiger partial charge in [0.1, 0.15) is 12.4 Å². The van der Waals surface area contributed by atoms with E-state index in [1.165, 1.54) is 44.4 Å². The summed E-state index contributed by atoms with van der Waals surface area (Å²) in [6.07, 6.45) is -0.219. The molecule has 0 amide bonds. The number of nitrogens with zero attached hydrogens (tertiary/aromatic N) is 1. The number of furan rings is 1. The molecule has 12 heteroatoms. The van der Waals surface area contributed by atoms with Gasteiger partial charge >= 0.3 is 5.97 Å². The summed E-state index contributed by atoms with van der Waals surface area (Å²) in [5, 5.41) is 0.00853. The highest BCUT2D eigenvalue weighted by atomic mass is 35.5. The molecule has 154 valence electrons. The Labute approximate surface area is 168 Å². The smallest absolute Gasteiger partial charge is 0.307 e. The Bertz CT molecular complexity index is 1050. The number of halogens is 1. The number of sulfonamides is 2. The van der Waals surface area contributed by atoms with E-state index in [-0.39, 0.29) is 40.3 Å². The molecule has 0 aliphatic rings. The molecule has 0 saturated heterocycles. The average molecular weight is 451 g/mol. The highest BCUT2D eigenvalue weighted by molar-refractivity contribution is 7.89. The van der Waals surface area contributed by atoms with Crippen LogP contribution in [0.1, 0.15) is 12.2 Å². The molecule has 0 radical (unpaired) electrons. The first-order valence-corrected chi connectivity index (χ1v) is 11.2. The first-order chi connectivity index (χ1) is 13.0. The highest BCUT2D eigenvalue weighted by Crippen LogP contribution is 2.18. The van der Waals surface area contributed by atoms with Gasteiger partial charge in [-0.25, -0.2) is 25.9 Å². The van der Waals surface area contributed by atoms with Crippen molar-refractivity contribution in [3.63, 3.8) is 0 Å². The van der Waals surface area contributed by atoms with E-state index in [0.717, 1.165) is 4.31 Å². The van der Waals surface area contributed by atoms with Crippen LogP contribution in [0.15, 0.2) is 50.8 Å².